The van der Waals surface area contributed by atoms with Gasteiger partial charge in [-0.05, 0) is 118 Å². The molecule has 0 spiro atoms. The normalized spacial score (nSPS) is 11.7. The van der Waals surface area contributed by atoms with Gasteiger partial charge in [-0.1, -0.05) is 137 Å². The number of imide groups is 1. The molecule has 0 fully saturated rings. The Balaban J connectivity index is 0.000000272. The van der Waals surface area contributed by atoms with E-state index in [1.807, 2.05) is 84.2 Å². The van der Waals surface area contributed by atoms with Crippen molar-refractivity contribution in [2.24, 2.45) is 4.99 Å². The van der Waals surface area contributed by atoms with Crippen LogP contribution in [0.25, 0.3) is 59.9 Å². The number of rotatable bonds is 10. The van der Waals surface area contributed by atoms with Crippen LogP contribution in [0.4, 0.5) is 0 Å². The van der Waals surface area contributed by atoms with Gasteiger partial charge in [0.15, 0.2) is 5.75 Å². The van der Waals surface area contributed by atoms with Crippen LogP contribution in [0.1, 0.15) is 64.7 Å². The number of hydrogen-bond acceptors (Lipinski definition) is 16. The smallest absolute Gasteiger partial charge is 0.166 e. The summed E-state index contributed by atoms with van der Waals surface area (Å²) in [5, 5.41) is 10.9. The third kappa shape index (κ3) is 21.3. The van der Waals surface area contributed by atoms with Crippen LogP contribution in [0.2, 0.25) is 0 Å². The summed E-state index contributed by atoms with van der Waals surface area (Å²) in [7, 11) is 0. The van der Waals surface area contributed by atoms with Gasteiger partial charge in [0.25, 0.3) is 0 Å². The third-order valence-corrected chi connectivity index (χ3v) is 12.4. The average molecular weight is 2060 g/mol. The molecule has 3 aromatic carbocycles. The molecule has 446 valence electrons. The van der Waals surface area contributed by atoms with Crippen molar-refractivity contribution in [3.05, 3.63) is 250 Å². The summed E-state index contributed by atoms with van der Waals surface area (Å²) >= 11 is 2.12. The number of nitrogens with zero attached hydrogens (tertiary/aromatic N) is 14. The minimum atomic E-state index is -0.626. The second kappa shape index (κ2) is 36.5. The van der Waals surface area contributed by atoms with Crippen LogP contribution in [0, 0.1) is 0 Å². The fourth-order valence-corrected chi connectivity index (χ4v) is 7.45. The molecule has 0 saturated carbocycles. The van der Waals surface area contributed by atoms with Crippen molar-refractivity contribution in [1.29, 1.82) is 0 Å². The van der Waals surface area contributed by atoms with Crippen molar-refractivity contribution >= 4 is 69.3 Å². The van der Waals surface area contributed by atoms with E-state index in [0.29, 0.717) is 35.0 Å². The van der Waals surface area contributed by atoms with E-state index in [2.05, 4.69) is 97.9 Å². The zero-order valence-corrected chi connectivity index (χ0v) is 57.4. The second-order valence-corrected chi connectivity index (χ2v) is 18.7. The molecule has 3 amide bonds. The first kappa shape index (κ1) is 71.9. The van der Waals surface area contributed by atoms with Crippen molar-refractivity contribution in [3.63, 3.8) is 0 Å². The summed E-state index contributed by atoms with van der Waals surface area (Å²) in [4.78, 5) is 86.1. The Labute approximate surface area is 564 Å². The van der Waals surface area contributed by atoms with Crippen molar-refractivity contribution < 1.29 is 129 Å². The number of pyridine rings is 5. The van der Waals surface area contributed by atoms with E-state index in [1.54, 1.807) is 121 Å². The fraction of sp³-hybridized carbons (Fsp3) is 0.103. The third-order valence-electron chi connectivity index (χ3n) is 11.2. The van der Waals surface area contributed by atoms with Crippen LogP contribution in [0.15, 0.2) is 217 Å². The van der Waals surface area contributed by atoms with Gasteiger partial charge in [0.1, 0.15) is 16.8 Å². The van der Waals surface area contributed by atoms with Gasteiger partial charge < -0.3 is 64.5 Å². The molecule has 19 nitrogen and oxygen atoms in total. The van der Waals surface area contributed by atoms with Crippen molar-refractivity contribution in [2.75, 3.05) is 0 Å². The van der Waals surface area contributed by atoms with Gasteiger partial charge in [0.05, 0.1) is 28.7 Å². The Morgan fingerprint density at radius 3 is 1.62 bits per heavy atom. The zero-order valence-electron chi connectivity index (χ0n) is 44.4. The molecule has 11 aromatic rings. The maximum atomic E-state index is 11.6. The number of amidine groups is 1. The molecule has 12 rings (SSSR count). The molecule has 0 N–H and O–H groups in total. The monoisotopic (exact) mass is 2060 g/mol. The largest absolute Gasteiger partial charge is 0.586 e. The number of amides is 3. The van der Waals surface area contributed by atoms with Crippen LogP contribution >= 0.6 is 23.6 Å². The van der Waals surface area contributed by atoms with Crippen LogP contribution in [0.3, 0.4) is 0 Å². The molecule has 84 heavy (non-hydrogen) atoms. The molecule has 8 aromatic heterocycles. The molecule has 0 aliphatic carbocycles. The van der Waals surface area contributed by atoms with Gasteiger partial charge in [-0.3, -0.25) is 19.9 Å². The number of thiazole rings is 1. The van der Waals surface area contributed by atoms with Crippen molar-refractivity contribution in [1.82, 2.24) is 49.8 Å². The number of hydrogen-bond donors (Lipinski definition) is 0. The molecule has 0 bridgehead atoms. The molecule has 26 heteroatoms. The summed E-state index contributed by atoms with van der Waals surface area (Å²) in [6, 6.07) is 50.3. The van der Waals surface area contributed by atoms with E-state index in [9.17, 15) is 14.4 Å². The number of para-hydroxylation sites is 3. The van der Waals surface area contributed by atoms with Crippen molar-refractivity contribution in [3.8, 4) is 28.1 Å². The summed E-state index contributed by atoms with van der Waals surface area (Å²) < 4.78 is 8.29. The summed E-state index contributed by atoms with van der Waals surface area (Å²) in [5.41, 5.74) is 5.46. The zero-order chi connectivity index (χ0) is 55.3. The number of carbonyl (C=O) groups is 3. The molecular weight excluding hydrogens is 2010 g/mol. The Hall–Kier alpha value is -6.39. The Morgan fingerprint density at radius 2 is 1.06 bits per heavy atom. The minimum Gasteiger partial charge on any atom is -0.586 e. The fourth-order valence-electron chi connectivity index (χ4n) is 6.58. The van der Waals surface area contributed by atoms with E-state index < -0.39 is 17.7 Å². The maximum Gasteiger partial charge on any atom is 0.166 e. The Bertz CT molecular complexity index is 3600. The van der Waals surface area contributed by atoms with Crippen LogP contribution in [-0.4, -0.2) is 74.5 Å². The first-order valence-corrected chi connectivity index (χ1v) is 25.7. The molecule has 0 atom stereocenters. The van der Waals surface area contributed by atoms with Gasteiger partial charge in [0.2, 0.25) is 0 Å². The topological polar surface area (TPSA) is 256 Å². The molecule has 0 saturated heterocycles. The van der Waals surface area contributed by atoms with E-state index in [1.165, 1.54) is 18.5 Å². The summed E-state index contributed by atoms with van der Waals surface area (Å²) in [6.45, 7) is 8.41. The standard InChI is InChI=1S/C13H10N2O2.C12H16N3.C12H10N2O3S.C11H7N4.C10H6N3S.5Pt/c16-12(10-6-2-1-3-7-10)15-13(17)11-8-4-5-9-14-11;1-11(2)12(3,4)15-10(14-11)9-7-5-6-8-13-9;15-12(11-8-4-5-9-13-11)14-18-17-16-10-6-2-1-3-7-10;1-2-6-12-8(4-1)11-14-9-5-3-7-13-10(9)15-11;1-2-4-8-7(3-1)12-9(13-8)10-11-5-6-14-10;;;;;/h1-9H,(H,15,16,17);5-8H,1-4H3;1-9H,(H,14,15);1-7H;1-6H;;;;;/q;-1;;2*-1;;;;;/p-2. The number of carbonyl (C=O) groups excluding carboxylic acids is 3. The average Bonchev–Trinajstić information content (AvgIpc) is 2.96. The van der Waals surface area contributed by atoms with Crippen molar-refractivity contribution in [2.45, 2.75) is 38.8 Å². The Morgan fingerprint density at radius 1 is 0.512 bits per heavy atom. The molecule has 0 unspecified atom stereocenters. The number of benzene rings is 3. The molecule has 0 radical (unpaired) electrons. The van der Waals surface area contributed by atoms with Crippen LogP contribution in [-0.2, 0) is 110 Å². The Kier molecular flexibility index (Phi) is 31.2. The first-order valence-electron chi connectivity index (χ1n) is 24.1. The van der Waals surface area contributed by atoms with Gasteiger partial charge in [-0.2, -0.15) is 0 Å². The summed E-state index contributed by atoms with van der Waals surface area (Å²) in [5.74, 6) is 1.000. The SMILES string of the molecule is CC1(C)N=C(c2ccccn2)[N-]C1(C)C.O=C([N-]C(=O)c1ccccn1)c1ccccc1.O=C([N-]SOOc1ccccc1)c1ccccn1.[Pt].[Pt].[Pt].[Pt].[Pt].c1ccc(-c2nc3cccnc3[n-]2)nc1.c1ccc2[n-]c(-c3nccs3)nc2c1. The summed E-state index contributed by atoms with van der Waals surface area (Å²) in [6.07, 6.45) is 9.97. The molecule has 9 heterocycles. The maximum absolute atomic E-state index is 11.6. The van der Waals surface area contributed by atoms with Gasteiger partial charge >= 0.3 is 0 Å². The number of imidazole rings is 2. The van der Waals surface area contributed by atoms with Crippen LogP contribution < -0.4 is 14.9 Å². The first-order chi connectivity index (χ1) is 38.4. The number of aromatic nitrogens is 10. The van der Waals surface area contributed by atoms with E-state index in [-0.39, 0.29) is 128 Å². The minimum absolute atomic E-state index is 0. The van der Waals surface area contributed by atoms with Crippen LogP contribution in [0.5, 0.6) is 5.75 Å². The van der Waals surface area contributed by atoms with Gasteiger partial charge in [-0.25, -0.2) is 4.98 Å². The number of fused-ring (bicyclic) bond motifs is 2. The van der Waals surface area contributed by atoms with E-state index in [0.717, 1.165) is 44.6 Å². The molecule has 1 aliphatic heterocycles. The van der Waals surface area contributed by atoms with E-state index in [4.69, 9.17) is 9.22 Å². The predicted molar refractivity (Wildman–Crippen MR) is 305 cm³/mol. The number of aliphatic imine (C=N–C) groups is 1. The quantitative estimate of drug-likeness (QED) is 0.0308. The van der Waals surface area contributed by atoms with Gasteiger partial charge in [0, 0.05) is 159 Å². The molecule has 1 aliphatic rings. The predicted octanol–water partition coefficient (Wildman–Crippen LogP) is 12.3. The second-order valence-electron chi connectivity index (χ2n) is 17.3. The van der Waals surface area contributed by atoms with E-state index >= 15 is 0 Å². The molecular formula is C58H47N14O5Pt5S2-5. The van der Waals surface area contributed by atoms with Gasteiger partial charge in [-0.15, -0.1) is 15.7 Å².